The fourth-order valence-electron chi connectivity index (χ4n) is 1.44. The third-order valence-corrected chi connectivity index (χ3v) is 2.52. The summed E-state index contributed by atoms with van der Waals surface area (Å²) in [4.78, 5) is 21.3. The monoisotopic (exact) mass is 275 g/mol. The van der Waals surface area contributed by atoms with Gasteiger partial charge in [-0.05, 0) is 13.0 Å². The van der Waals surface area contributed by atoms with Crippen LogP contribution in [0.2, 0.25) is 0 Å². The maximum absolute atomic E-state index is 13.4. The number of carbonyl (C=O) groups is 1. The highest BCUT2D eigenvalue weighted by molar-refractivity contribution is 6.17. The van der Waals surface area contributed by atoms with Gasteiger partial charge in [0.25, 0.3) is 5.69 Å². The van der Waals surface area contributed by atoms with Crippen LogP contribution in [-0.4, -0.2) is 17.5 Å². The van der Waals surface area contributed by atoms with E-state index >= 15 is 0 Å². The minimum atomic E-state index is -0.760. The molecule has 1 aromatic rings. The Bertz CT molecular complexity index is 478. The molecule has 0 N–H and O–H groups in total. The van der Waals surface area contributed by atoms with Crippen molar-refractivity contribution in [3.05, 3.63) is 39.2 Å². The number of alkyl halides is 1. The van der Waals surface area contributed by atoms with Crippen LogP contribution in [0.4, 0.5) is 10.1 Å². The second-order valence-electron chi connectivity index (χ2n) is 3.44. The van der Waals surface area contributed by atoms with Crippen molar-refractivity contribution in [2.45, 2.75) is 19.2 Å². The van der Waals surface area contributed by atoms with Crippen molar-refractivity contribution in [2.24, 2.45) is 0 Å². The number of carbonyl (C=O) groups excluding carboxylic acids is 1. The van der Waals surface area contributed by atoms with Crippen LogP contribution in [0.25, 0.3) is 0 Å². The quantitative estimate of drug-likeness (QED) is 0.358. The molecule has 0 saturated heterocycles. The molecule has 0 fully saturated rings. The molecular formula is C11H11ClFNO4. The summed E-state index contributed by atoms with van der Waals surface area (Å²) < 4.78 is 18.1. The zero-order valence-electron chi connectivity index (χ0n) is 9.61. The number of esters is 1. The van der Waals surface area contributed by atoms with Crippen molar-refractivity contribution in [1.82, 2.24) is 0 Å². The molecule has 1 aromatic carbocycles. The summed E-state index contributed by atoms with van der Waals surface area (Å²) in [5, 5.41) is 10.8. The number of nitrogens with zero attached hydrogens (tertiary/aromatic N) is 1. The summed E-state index contributed by atoms with van der Waals surface area (Å²) in [6.45, 7) is 1.80. The maximum atomic E-state index is 13.4. The minimum Gasteiger partial charge on any atom is -0.466 e. The molecule has 1 rings (SSSR count). The van der Waals surface area contributed by atoms with Crippen LogP contribution >= 0.6 is 11.6 Å². The van der Waals surface area contributed by atoms with Crippen molar-refractivity contribution in [3.63, 3.8) is 0 Å². The first kappa shape index (κ1) is 14.4. The van der Waals surface area contributed by atoms with Crippen molar-refractivity contribution >= 4 is 23.3 Å². The number of benzene rings is 1. The largest absolute Gasteiger partial charge is 0.466 e. The number of hydrogen-bond donors (Lipinski definition) is 0. The number of halogens is 2. The van der Waals surface area contributed by atoms with Gasteiger partial charge < -0.3 is 4.74 Å². The van der Waals surface area contributed by atoms with Gasteiger partial charge in [-0.3, -0.25) is 14.9 Å². The Balaban J connectivity index is 3.14. The van der Waals surface area contributed by atoms with Crippen molar-refractivity contribution in [2.75, 3.05) is 6.61 Å². The lowest BCUT2D eigenvalue weighted by Gasteiger charge is -2.06. The van der Waals surface area contributed by atoms with Gasteiger partial charge in [0.05, 0.1) is 29.9 Å². The number of nitro groups is 1. The molecule has 0 aromatic heterocycles. The summed E-state index contributed by atoms with van der Waals surface area (Å²) in [5.74, 6) is -1.49. The normalized spacial score (nSPS) is 10.2. The SMILES string of the molecule is CCOC(=O)Cc1cc(CCl)c(F)cc1[N+](=O)[O-]. The molecule has 0 saturated carbocycles. The number of rotatable bonds is 5. The van der Waals surface area contributed by atoms with Gasteiger partial charge in [0.2, 0.25) is 0 Å². The van der Waals surface area contributed by atoms with E-state index in [0.717, 1.165) is 6.07 Å². The van der Waals surface area contributed by atoms with E-state index in [-0.39, 0.29) is 30.0 Å². The topological polar surface area (TPSA) is 69.4 Å². The predicted molar refractivity (Wildman–Crippen MR) is 62.9 cm³/mol. The van der Waals surface area contributed by atoms with Crippen molar-refractivity contribution in [3.8, 4) is 0 Å². The summed E-state index contributed by atoms with van der Waals surface area (Å²) in [6.07, 6.45) is -0.283. The van der Waals surface area contributed by atoms with Crippen LogP contribution in [-0.2, 0) is 21.8 Å². The Labute approximate surface area is 108 Å². The molecule has 0 spiro atoms. The Kier molecular flexibility index (Phi) is 5.03. The molecule has 0 radical (unpaired) electrons. The van der Waals surface area contributed by atoms with E-state index in [4.69, 9.17) is 16.3 Å². The second-order valence-corrected chi connectivity index (χ2v) is 3.71. The summed E-state index contributed by atoms with van der Waals surface area (Å²) in [6, 6.07) is 1.99. The molecule has 5 nitrogen and oxygen atoms in total. The van der Waals surface area contributed by atoms with E-state index in [1.807, 2.05) is 0 Å². The smallest absolute Gasteiger partial charge is 0.310 e. The van der Waals surface area contributed by atoms with E-state index in [1.165, 1.54) is 6.07 Å². The first-order chi connectivity index (χ1) is 8.49. The third-order valence-electron chi connectivity index (χ3n) is 2.23. The van der Waals surface area contributed by atoms with Gasteiger partial charge in [-0.2, -0.15) is 0 Å². The molecule has 0 bridgehead atoms. The minimum absolute atomic E-state index is 0.0931. The third kappa shape index (κ3) is 3.40. The van der Waals surface area contributed by atoms with Crippen LogP contribution in [0.3, 0.4) is 0 Å². The van der Waals surface area contributed by atoms with Crippen LogP contribution < -0.4 is 0 Å². The average molecular weight is 276 g/mol. The zero-order chi connectivity index (χ0) is 13.7. The molecule has 0 aliphatic carbocycles. The highest BCUT2D eigenvalue weighted by Gasteiger charge is 2.20. The van der Waals surface area contributed by atoms with E-state index in [9.17, 15) is 19.3 Å². The maximum Gasteiger partial charge on any atom is 0.310 e. The fraction of sp³-hybridized carbons (Fsp3) is 0.364. The van der Waals surface area contributed by atoms with Gasteiger partial charge in [0, 0.05) is 11.1 Å². The number of hydrogen-bond acceptors (Lipinski definition) is 4. The van der Waals surface area contributed by atoms with E-state index in [0.29, 0.717) is 0 Å². The molecule has 98 valence electrons. The van der Waals surface area contributed by atoms with Crippen LogP contribution in [0.5, 0.6) is 0 Å². The standard InChI is InChI=1S/C11H11ClFNO4/c1-2-18-11(15)4-7-3-8(6-12)9(13)5-10(7)14(16)17/h3,5H,2,4,6H2,1H3. The zero-order valence-corrected chi connectivity index (χ0v) is 10.4. The molecular weight excluding hydrogens is 265 g/mol. The first-order valence-electron chi connectivity index (χ1n) is 5.16. The fourth-order valence-corrected chi connectivity index (χ4v) is 1.64. The number of ether oxygens (including phenoxy) is 1. The van der Waals surface area contributed by atoms with Gasteiger partial charge >= 0.3 is 5.97 Å². The molecule has 0 amide bonds. The Morgan fingerprint density at radius 2 is 2.17 bits per heavy atom. The molecule has 7 heteroatoms. The summed E-state index contributed by atoms with van der Waals surface area (Å²) in [7, 11) is 0. The molecule has 0 aliphatic rings. The molecule has 18 heavy (non-hydrogen) atoms. The van der Waals surface area contributed by atoms with Gasteiger partial charge in [-0.1, -0.05) is 0 Å². The molecule has 0 atom stereocenters. The molecule has 0 heterocycles. The van der Waals surface area contributed by atoms with Crippen LogP contribution in [0, 0.1) is 15.9 Å². The second kappa shape index (κ2) is 6.30. The Morgan fingerprint density at radius 1 is 1.50 bits per heavy atom. The molecule has 0 aliphatic heterocycles. The van der Waals surface area contributed by atoms with E-state index in [1.54, 1.807) is 6.92 Å². The Morgan fingerprint density at radius 3 is 2.67 bits per heavy atom. The summed E-state index contributed by atoms with van der Waals surface area (Å²) in [5.41, 5.74) is -0.244. The highest BCUT2D eigenvalue weighted by atomic mass is 35.5. The Hall–Kier alpha value is -1.69. The first-order valence-corrected chi connectivity index (χ1v) is 5.70. The van der Waals surface area contributed by atoms with Gasteiger partial charge in [-0.25, -0.2) is 4.39 Å². The van der Waals surface area contributed by atoms with Gasteiger partial charge in [-0.15, -0.1) is 11.6 Å². The lowest BCUT2D eigenvalue weighted by Crippen LogP contribution is -2.10. The van der Waals surface area contributed by atoms with Crippen LogP contribution in [0.1, 0.15) is 18.1 Å². The van der Waals surface area contributed by atoms with Crippen molar-refractivity contribution < 1.29 is 18.8 Å². The van der Waals surface area contributed by atoms with E-state index < -0.39 is 22.4 Å². The average Bonchev–Trinajstić information content (AvgIpc) is 2.30. The van der Waals surface area contributed by atoms with Crippen LogP contribution in [0.15, 0.2) is 12.1 Å². The predicted octanol–water partition coefficient (Wildman–Crippen LogP) is 2.58. The molecule has 0 unspecified atom stereocenters. The van der Waals surface area contributed by atoms with Gasteiger partial charge in [0.1, 0.15) is 5.82 Å². The number of nitro benzene ring substituents is 1. The van der Waals surface area contributed by atoms with Gasteiger partial charge in [0.15, 0.2) is 0 Å². The van der Waals surface area contributed by atoms with Crippen molar-refractivity contribution in [1.29, 1.82) is 0 Å². The van der Waals surface area contributed by atoms with E-state index in [2.05, 4.69) is 0 Å². The summed E-state index contributed by atoms with van der Waals surface area (Å²) >= 11 is 5.51. The lowest BCUT2D eigenvalue weighted by atomic mass is 10.1. The lowest BCUT2D eigenvalue weighted by molar-refractivity contribution is -0.385. The highest BCUT2D eigenvalue weighted by Crippen LogP contribution is 2.24.